The summed E-state index contributed by atoms with van der Waals surface area (Å²) in [5, 5.41) is 5.03. The second kappa shape index (κ2) is 10.9. The van der Waals surface area contributed by atoms with Crippen molar-refractivity contribution in [3.63, 3.8) is 0 Å². The van der Waals surface area contributed by atoms with E-state index < -0.39 is 21.8 Å². The van der Waals surface area contributed by atoms with E-state index in [0.29, 0.717) is 19.0 Å². The Morgan fingerprint density at radius 3 is 2.47 bits per heavy atom. The van der Waals surface area contributed by atoms with Crippen LogP contribution in [-0.2, 0) is 24.3 Å². The van der Waals surface area contributed by atoms with E-state index in [1.54, 1.807) is 24.3 Å². The predicted molar refractivity (Wildman–Crippen MR) is 116 cm³/mol. The first kappa shape index (κ1) is 23.5. The Balaban J connectivity index is 1.59. The van der Waals surface area contributed by atoms with E-state index in [4.69, 9.17) is 14.2 Å². The van der Waals surface area contributed by atoms with E-state index in [1.165, 1.54) is 29.6 Å². The van der Waals surface area contributed by atoms with Crippen LogP contribution in [0.2, 0.25) is 0 Å². The minimum Gasteiger partial charge on any atom is -0.495 e. The van der Waals surface area contributed by atoms with Gasteiger partial charge in [0.05, 0.1) is 37.5 Å². The van der Waals surface area contributed by atoms with Crippen LogP contribution >= 0.6 is 0 Å². The van der Waals surface area contributed by atoms with Gasteiger partial charge in [-0.3, -0.25) is 9.59 Å². The molecule has 1 fully saturated rings. The summed E-state index contributed by atoms with van der Waals surface area (Å²) in [6.07, 6.45) is 0. The largest absolute Gasteiger partial charge is 0.495 e. The molecule has 0 aliphatic carbocycles. The fourth-order valence-electron chi connectivity index (χ4n) is 2.97. The Kier molecular flexibility index (Phi) is 8.03. The van der Waals surface area contributed by atoms with Crippen molar-refractivity contribution >= 4 is 27.5 Å². The number of hydrogen-bond donors (Lipinski definition) is 2. The number of nitrogens with zero attached hydrogens (tertiary/aromatic N) is 1. The fourth-order valence-corrected chi connectivity index (χ4v) is 4.41. The van der Waals surface area contributed by atoms with Crippen molar-refractivity contribution < 1.29 is 32.2 Å². The van der Waals surface area contributed by atoms with Crippen molar-refractivity contribution in [1.29, 1.82) is 0 Å². The molecule has 0 unspecified atom stereocenters. The molecular weight excluding hydrogens is 438 g/mol. The lowest BCUT2D eigenvalue weighted by Crippen LogP contribution is -2.40. The van der Waals surface area contributed by atoms with Gasteiger partial charge in [-0.25, -0.2) is 8.42 Å². The van der Waals surface area contributed by atoms with E-state index in [-0.39, 0.29) is 42.6 Å². The van der Waals surface area contributed by atoms with E-state index in [0.717, 1.165) is 0 Å². The maximum Gasteiger partial charge on any atom is 0.258 e. The lowest BCUT2D eigenvalue weighted by molar-refractivity contribution is -0.125. The van der Waals surface area contributed by atoms with E-state index in [1.807, 2.05) is 6.07 Å². The van der Waals surface area contributed by atoms with Gasteiger partial charge in [0.1, 0.15) is 11.5 Å². The number of sulfonamides is 1. The quantitative estimate of drug-likeness (QED) is 0.565. The Bertz CT molecular complexity index is 1040. The van der Waals surface area contributed by atoms with Crippen molar-refractivity contribution in [3.8, 4) is 11.5 Å². The number of morpholine rings is 1. The number of carbonyl (C=O) groups excluding carboxylic acids is 2. The molecule has 0 bridgehead atoms. The molecule has 10 nitrogen and oxygen atoms in total. The van der Waals surface area contributed by atoms with Crippen LogP contribution in [0.1, 0.15) is 0 Å². The molecule has 2 aromatic carbocycles. The number of anilines is 1. The summed E-state index contributed by atoms with van der Waals surface area (Å²) >= 11 is 0. The van der Waals surface area contributed by atoms with Crippen molar-refractivity contribution in [2.24, 2.45) is 0 Å². The zero-order chi connectivity index (χ0) is 23.0. The molecule has 1 saturated heterocycles. The second-order valence-electron chi connectivity index (χ2n) is 6.81. The summed E-state index contributed by atoms with van der Waals surface area (Å²) in [4.78, 5) is 24.3. The number of amides is 2. The molecule has 0 spiro atoms. The smallest absolute Gasteiger partial charge is 0.258 e. The molecule has 1 heterocycles. The summed E-state index contributed by atoms with van der Waals surface area (Å²) < 4.78 is 42.8. The minimum atomic E-state index is -3.74. The SMILES string of the molecule is COc1ccc(S(=O)(=O)N2CCOCC2)cc1NC(=O)CNC(=O)COc1ccccc1. The Morgan fingerprint density at radius 2 is 1.78 bits per heavy atom. The number of rotatable bonds is 9. The third-order valence-corrected chi connectivity index (χ3v) is 6.51. The normalized spacial score (nSPS) is 14.4. The van der Waals surface area contributed by atoms with Gasteiger partial charge in [-0.05, 0) is 30.3 Å². The molecule has 32 heavy (non-hydrogen) atoms. The van der Waals surface area contributed by atoms with Crippen molar-refractivity contribution in [1.82, 2.24) is 9.62 Å². The maximum atomic E-state index is 12.9. The molecule has 2 aromatic rings. The zero-order valence-electron chi connectivity index (χ0n) is 17.6. The maximum absolute atomic E-state index is 12.9. The lowest BCUT2D eigenvalue weighted by Gasteiger charge is -2.26. The highest BCUT2D eigenvalue weighted by Crippen LogP contribution is 2.29. The third kappa shape index (κ3) is 6.19. The molecule has 0 atom stereocenters. The van der Waals surface area contributed by atoms with Gasteiger partial charge in [-0.1, -0.05) is 18.2 Å². The number of hydrogen-bond acceptors (Lipinski definition) is 7. The van der Waals surface area contributed by atoms with Crippen LogP contribution in [0, 0.1) is 0 Å². The van der Waals surface area contributed by atoms with E-state index in [2.05, 4.69) is 10.6 Å². The van der Waals surface area contributed by atoms with Gasteiger partial charge in [0.2, 0.25) is 15.9 Å². The summed E-state index contributed by atoms with van der Waals surface area (Å²) in [7, 11) is -2.34. The van der Waals surface area contributed by atoms with Gasteiger partial charge in [-0.15, -0.1) is 0 Å². The highest BCUT2D eigenvalue weighted by Gasteiger charge is 2.27. The molecular formula is C21H25N3O7S. The summed E-state index contributed by atoms with van der Waals surface area (Å²) in [5.74, 6) is -0.190. The number of benzene rings is 2. The van der Waals surface area contributed by atoms with Gasteiger partial charge in [0.25, 0.3) is 5.91 Å². The van der Waals surface area contributed by atoms with Gasteiger partial charge in [-0.2, -0.15) is 4.31 Å². The Hall–Kier alpha value is -3.15. The van der Waals surface area contributed by atoms with Gasteiger partial charge in [0, 0.05) is 13.1 Å². The van der Waals surface area contributed by atoms with Crippen LogP contribution in [0.25, 0.3) is 0 Å². The Labute approximate surface area is 186 Å². The molecule has 0 aromatic heterocycles. The number of methoxy groups -OCH3 is 1. The van der Waals surface area contributed by atoms with E-state index >= 15 is 0 Å². The lowest BCUT2D eigenvalue weighted by atomic mass is 10.3. The molecule has 11 heteroatoms. The summed E-state index contributed by atoms with van der Waals surface area (Å²) in [5.41, 5.74) is 0.182. The molecule has 3 rings (SSSR count). The number of carbonyl (C=O) groups is 2. The van der Waals surface area contributed by atoms with Gasteiger partial charge >= 0.3 is 0 Å². The van der Waals surface area contributed by atoms with Crippen LogP contribution in [0.5, 0.6) is 11.5 Å². The predicted octanol–water partition coefficient (Wildman–Crippen LogP) is 0.850. The molecule has 2 amide bonds. The number of para-hydroxylation sites is 1. The third-order valence-electron chi connectivity index (χ3n) is 4.61. The molecule has 2 N–H and O–H groups in total. The Morgan fingerprint density at radius 1 is 1.06 bits per heavy atom. The summed E-state index contributed by atoms with van der Waals surface area (Å²) in [6, 6.07) is 13.0. The standard InChI is InChI=1S/C21H25N3O7S/c1-29-19-8-7-17(32(27,28)24-9-11-30-12-10-24)13-18(19)23-20(25)14-22-21(26)15-31-16-5-3-2-4-6-16/h2-8,13H,9-12,14-15H2,1H3,(H,22,26)(H,23,25). The highest BCUT2D eigenvalue weighted by molar-refractivity contribution is 7.89. The van der Waals surface area contributed by atoms with Crippen LogP contribution in [0.4, 0.5) is 5.69 Å². The monoisotopic (exact) mass is 463 g/mol. The minimum absolute atomic E-state index is 0.0239. The van der Waals surface area contributed by atoms with Crippen LogP contribution in [0.3, 0.4) is 0 Å². The molecule has 0 saturated carbocycles. The van der Waals surface area contributed by atoms with Gasteiger partial charge < -0.3 is 24.8 Å². The topological polar surface area (TPSA) is 123 Å². The highest BCUT2D eigenvalue weighted by atomic mass is 32.2. The number of ether oxygens (including phenoxy) is 3. The molecule has 1 aliphatic heterocycles. The fraction of sp³-hybridized carbons (Fsp3) is 0.333. The molecule has 172 valence electrons. The van der Waals surface area contributed by atoms with Gasteiger partial charge in [0.15, 0.2) is 6.61 Å². The summed E-state index contributed by atoms with van der Waals surface area (Å²) in [6.45, 7) is 0.605. The average Bonchev–Trinajstić information content (AvgIpc) is 2.82. The molecule has 0 radical (unpaired) electrons. The first-order chi connectivity index (χ1) is 15.4. The zero-order valence-corrected chi connectivity index (χ0v) is 18.4. The van der Waals surface area contributed by atoms with Crippen molar-refractivity contribution in [3.05, 3.63) is 48.5 Å². The van der Waals surface area contributed by atoms with E-state index in [9.17, 15) is 18.0 Å². The van der Waals surface area contributed by atoms with Crippen LogP contribution in [0.15, 0.2) is 53.4 Å². The molecule has 1 aliphatic rings. The average molecular weight is 464 g/mol. The van der Waals surface area contributed by atoms with Crippen molar-refractivity contribution in [2.75, 3.05) is 51.9 Å². The second-order valence-corrected chi connectivity index (χ2v) is 8.74. The van der Waals surface area contributed by atoms with Crippen LogP contribution < -0.4 is 20.1 Å². The number of nitrogens with one attached hydrogen (secondary N) is 2. The first-order valence-electron chi connectivity index (χ1n) is 9.90. The van der Waals surface area contributed by atoms with Crippen LogP contribution in [-0.4, -0.2) is 71.1 Å². The first-order valence-corrected chi connectivity index (χ1v) is 11.3. The van der Waals surface area contributed by atoms with Crippen molar-refractivity contribution in [2.45, 2.75) is 4.90 Å².